The average molecular weight is 229 g/mol. The number of pyridine rings is 1. The van der Waals surface area contributed by atoms with Crippen LogP contribution < -0.4 is 0 Å². The summed E-state index contributed by atoms with van der Waals surface area (Å²) in [5.74, 6) is -0.289. The average Bonchev–Trinajstić information content (AvgIpc) is 2.37. The summed E-state index contributed by atoms with van der Waals surface area (Å²) in [4.78, 5) is 16.3. The van der Waals surface area contributed by atoms with E-state index in [1.54, 1.807) is 6.92 Å². The number of carbonyl (C=O) groups excluding carboxylic acids is 1. The molecule has 3 nitrogen and oxygen atoms in total. The first-order valence-electron chi connectivity index (χ1n) is 5.82. The van der Waals surface area contributed by atoms with E-state index in [9.17, 15) is 4.79 Å². The molecule has 17 heavy (non-hydrogen) atoms. The summed E-state index contributed by atoms with van der Waals surface area (Å²) < 4.78 is 5.04. The van der Waals surface area contributed by atoms with Gasteiger partial charge in [-0.1, -0.05) is 25.1 Å². The molecular formula is C14H15NO2. The molecule has 0 aliphatic carbocycles. The van der Waals surface area contributed by atoms with Gasteiger partial charge in [0.2, 0.25) is 0 Å². The van der Waals surface area contributed by atoms with Crippen molar-refractivity contribution < 1.29 is 9.53 Å². The van der Waals surface area contributed by atoms with E-state index >= 15 is 0 Å². The largest absolute Gasteiger partial charge is 0.462 e. The van der Waals surface area contributed by atoms with Crippen LogP contribution in [0.1, 0.15) is 29.9 Å². The summed E-state index contributed by atoms with van der Waals surface area (Å²) >= 11 is 0. The van der Waals surface area contributed by atoms with E-state index in [2.05, 4.69) is 4.98 Å². The van der Waals surface area contributed by atoms with Gasteiger partial charge in [0.25, 0.3) is 0 Å². The van der Waals surface area contributed by atoms with Crippen molar-refractivity contribution in [2.75, 3.05) is 6.61 Å². The molecule has 0 radical (unpaired) electrons. The molecule has 2 aromatic rings. The van der Waals surface area contributed by atoms with Crippen molar-refractivity contribution in [1.82, 2.24) is 4.98 Å². The number of rotatable bonds is 3. The van der Waals surface area contributed by atoms with E-state index in [4.69, 9.17) is 4.74 Å². The number of fused-ring (bicyclic) bond motifs is 1. The van der Waals surface area contributed by atoms with Crippen LogP contribution in [0.25, 0.3) is 10.9 Å². The van der Waals surface area contributed by atoms with Gasteiger partial charge in [0, 0.05) is 5.39 Å². The van der Waals surface area contributed by atoms with E-state index < -0.39 is 0 Å². The van der Waals surface area contributed by atoms with Crippen molar-refractivity contribution in [2.24, 2.45) is 0 Å². The van der Waals surface area contributed by atoms with Crippen molar-refractivity contribution in [3.8, 4) is 0 Å². The second-order valence-electron chi connectivity index (χ2n) is 3.75. The highest BCUT2D eigenvalue weighted by molar-refractivity contribution is 5.95. The maximum Gasteiger partial charge on any atom is 0.340 e. The van der Waals surface area contributed by atoms with Gasteiger partial charge in [0.05, 0.1) is 23.4 Å². The Morgan fingerprint density at radius 3 is 2.76 bits per heavy atom. The van der Waals surface area contributed by atoms with Crippen LogP contribution in [0.3, 0.4) is 0 Å². The molecule has 0 fully saturated rings. The van der Waals surface area contributed by atoms with Crippen LogP contribution in [0.5, 0.6) is 0 Å². The SMILES string of the molecule is CCOC(=O)c1cc2ccccc2nc1CC. The zero-order chi connectivity index (χ0) is 12.3. The van der Waals surface area contributed by atoms with Crippen molar-refractivity contribution >= 4 is 16.9 Å². The van der Waals surface area contributed by atoms with E-state index in [1.165, 1.54) is 0 Å². The summed E-state index contributed by atoms with van der Waals surface area (Å²) in [6.07, 6.45) is 0.721. The lowest BCUT2D eigenvalue weighted by Crippen LogP contribution is -2.09. The van der Waals surface area contributed by atoms with Gasteiger partial charge < -0.3 is 4.74 Å². The first-order valence-corrected chi connectivity index (χ1v) is 5.82. The topological polar surface area (TPSA) is 39.2 Å². The number of benzene rings is 1. The quantitative estimate of drug-likeness (QED) is 0.759. The molecule has 0 amide bonds. The number of aryl methyl sites for hydroxylation is 1. The third-order valence-corrected chi connectivity index (χ3v) is 2.63. The highest BCUT2D eigenvalue weighted by Crippen LogP contribution is 2.18. The molecule has 0 unspecified atom stereocenters. The predicted octanol–water partition coefficient (Wildman–Crippen LogP) is 2.97. The number of para-hydroxylation sites is 1. The maximum atomic E-state index is 11.8. The number of esters is 1. The monoisotopic (exact) mass is 229 g/mol. The van der Waals surface area contributed by atoms with Gasteiger partial charge in [-0.05, 0) is 25.5 Å². The summed E-state index contributed by atoms with van der Waals surface area (Å²) in [6, 6.07) is 9.64. The fourth-order valence-corrected chi connectivity index (χ4v) is 1.81. The third kappa shape index (κ3) is 2.28. The molecule has 0 N–H and O–H groups in total. The van der Waals surface area contributed by atoms with Gasteiger partial charge in [0.15, 0.2) is 0 Å². The maximum absolute atomic E-state index is 11.8. The Morgan fingerprint density at radius 1 is 1.29 bits per heavy atom. The summed E-state index contributed by atoms with van der Waals surface area (Å²) in [6.45, 7) is 4.17. The van der Waals surface area contributed by atoms with Gasteiger partial charge >= 0.3 is 5.97 Å². The lowest BCUT2D eigenvalue weighted by atomic mass is 10.1. The van der Waals surface area contributed by atoms with E-state index in [0.29, 0.717) is 12.2 Å². The minimum absolute atomic E-state index is 0.289. The number of nitrogens with zero attached hydrogens (tertiary/aromatic N) is 1. The van der Waals surface area contributed by atoms with Crippen LogP contribution in [0.15, 0.2) is 30.3 Å². The third-order valence-electron chi connectivity index (χ3n) is 2.63. The molecule has 88 valence electrons. The smallest absolute Gasteiger partial charge is 0.340 e. The Labute approximate surface area is 100 Å². The second kappa shape index (κ2) is 4.95. The van der Waals surface area contributed by atoms with E-state index in [1.807, 2.05) is 37.3 Å². The Hall–Kier alpha value is -1.90. The fraction of sp³-hybridized carbons (Fsp3) is 0.286. The number of hydrogen-bond acceptors (Lipinski definition) is 3. The number of aromatic nitrogens is 1. The van der Waals surface area contributed by atoms with Crippen LogP contribution in [0, 0.1) is 0 Å². The molecule has 3 heteroatoms. The number of ether oxygens (including phenoxy) is 1. The van der Waals surface area contributed by atoms with Crippen molar-refractivity contribution in [3.63, 3.8) is 0 Å². The van der Waals surface area contributed by atoms with Gasteiger partial charge in [-0.3, -0.25) is 4.98 Å². The molecule has 1 aromatic carbocycles. The van der Waals surface area contributed by atoms with Crippen LogP contribution in [0.4, 0.5) is 0 Å². The van der Waals surface area contributed by atoms with Crippen molar-refractivity contribution in [2.45, 2.75) is 20.3 Å². The zero-order valence-corrected chi connectivity index (χ0v) is 10.1. The molecule has 1 aromatic heterocycles. The molecule has 0 spiro atoms. The van der Waals surface area contributed by atoms with Gasteiger partial charge in [-0.25, -0.2) is 4.79 Å². The summed E-state index contributed by atoms with van der Waals surface area (Å²) in [5.41, 5.74) is 2.28. The Balaban J connectivity index is 2.56. The molecule has 0 aliphatic rings. The Bertz CT molecular complexity index is 549. The zero-order valence-electron chi connectivity index (χ0n) is 10.1. The van der Waals surface area contributed by atoms with Gasteiger partial charge in [-0.15, -0.1) is 0 Å². The van der Waals surface area contributed by atoms with Gasteiger partial charge in [-0.2, -0.15) is 0 Å². The fourth-order valence-electron chi connectivity index (χ4n) is 1.81. The molecule has 0 atom stereocenters. The number of carbonyl (C=O) groups is 1. The highest BCUT2D eigenvalue weighted by Gasteiger charge is 2.13. The summed E-state index contributed by atoms with van der Waals surface area (Å²) in [7, 11) is 0. The van der Waals surface area contributed by atoms with E-state index in [-0.39, 0.29) is 5.97 Å². The predicted molar refractivity (Wildman–Crippen MR) is 67.1 cm³/mol. The summed E-state index contributed by atoms with van der Waals surface area (Å²) in [5, 5.41) is 0.966. The minimum atomic E-state index is -0.289. The second-order valence-corrected chi connectivity index (χ2v) is 3.75. The molecule has 1 heterocycles. The van der Waals surface area contributed by atoms with Crippen LogP contribution >= 0.6 is 0 Å². The van der Waals surface area contributed by atoms with Gasteiger partial charge in [0.1, 0.15) is 0 Å². The molecular weight excluding hydrogens is 214 g/mol. The van der Waals surface area contributed by atoms with E-state index in [0.717, 1.165) is 23.0 Å². The van der Waals surface area contributed by atoms with Crippen LogP contribution in [-0.2, 0) is 11.2 Å². The molecule has 0 saturated heterocycles. The molecule has 0 saturated carbocycles. The minimum Gasteiger partial charge on any atom is -0.462 e. The Kier molecular flexibility index (Phi) is 3.38. The number of hydrogen-bond donors (Lipinski definition) is 0. The Morgan fingerprint density at radius 2 is 2.06 bits per heavy atom. The standard InChI is InChI=1S/C14H15NO2/c1-3-12-11(14(16)17-4-2)9-10-7-5-6-8-13(10)15-12/h5-9H,3-4H2,1-2H3. The molecule has 0 bridgehead atoms. The van der Waals surface area contributed by atoms with Crippen LogP contribution in [0.2, 0.25) is 0 Å². The first-order chi connectivity index (χ1) is 8.26. The van der Waals surface area contributed by atoms with Crippen molar-refractivity contribution in [1.29, 1.82) is 0 Å². The molecule has 0 aliphatic heterocycles. The van der Waals surface area contributed by atoms with Crippen LogP contribution in [-0.4, -0.2) is 17.6 Å². The molecule has 2 rings (SSSR count). The lowest BCUT2D eigenvalue weighted by molar-refractivity contribution is 0.0525. The highest BCUT2D eigenvalue weighted by atomic mass is 16.5. The normalized spacial score (nSPS) is 10.5. The lowest BCUT2D eigenvalue weighted by Gasteiger charge is -2.08. The van der Waals surface area contributed by atoms with Crippen molar-refractivity contribution in [3.05, 3.63) is 41.6 Å². The first kappa shape index (κ1) is 11.6.